The second-order valence-corrected chi connectivity index (χ2v) is 8.69. The molecule has 0 aliphatic carbocycles. The zero-order valence-electron chi connectivity index (χ0n) is 19.1. The Morgan fingerprint density at radius 1 is 1.24 bits per heavy atom. The van der Waals surface area contributed by atoms with Gasteiger partial charge in [-0.1, -0.05) is 29.3 Å². The summed E-state index contributed by atoms with van der Waals surface area (Å²) in [5, 5.41) is 1.05. The lowest BCUT2D eigenvalue weighted by atomic mass is 10.1. The van der Waals surface area contributed by atoms with E-state index in [1.54, 1.807) is 25.5 Å². The van der Waals surface area contributed by atoms with Gasteiger partial charge in [-0.2, -0.15) is 0 Å². The number of carbonyl (C=O) groups is 1. The fourth-order valence-corrected chi connectivity index (χ4v) is 4.10. The maximum Gasteiger partial charge on any atom is 0.168 e. The highest BCUT2D eigenvalue weighted by atomic mass is 35.5. The predicted molar refractivity (Wildman–Crippen MR) is 134 cm³/mol. The van der Waals surface area contributed by atoms with Gasteiger partial charge >= 0.3 is 0 Å². The number of benzene rings is 1. The van der Waals surface area contributed by atoms with E-state index in [-0.39, 0.29) is 18.4 Å². The van der Waals surface area contributed by atoms with Crippen LogP contribution in [0.25, 0.3) is 5.57 Å². The van der Waals surface area contributed by atoms with E-state index in [2.05, 4.69) is 17.1 Å². The summed E-state index contributed by atoms with van der Waals surface area (Å²) >= 11 is 12.8. The van der Waals surface area contributed by atoms with Crippen molar-refractivity contribution in [3.8, 4) is 5.75 Å². The molecule has 2 N–H and O–H groups in total. The molecule has 0 amide bonds. The van der Waals surface area contributed by atoms with Crippen LogP contribution in [0, 0.1) is 0 Å². The molecule has 33 heavy (non-hydrogen) atoms. The number of methoxy groups -OCH3 is 1. The predicted octanol–water partition coefficient (Wildman–Crippen LogP) is 5.51. The van der Waals surface area contributed by atoms with Gasteiger partial charge in [-0.05, 0) is 62.1 Å². The number of ether oxygens (including phenoxy) is 1. The molecule has 0 saturated carbocycles. The first-order valence-corrected chi connectivity index (χ1v) is 11.6. The number of furan rings is 1. The van der Waals surface area contributed by atoms with Crippen LogP contribution in [0.3, 0.4) is 0 Å². The topological polar surface area (TPSA) is 81.1 Å². The van der Waals surface area contributed by atoms with Gasteiger partial charge in [0.05, 0.1) is 19.7 Å². The van der Waals surface area contributed by atoms with E-state index < -0.39 is 0 Å². The van der Waals surface area contributed by atoms with Crippen molar-refractivity contribution in [3.05, 3.63) is 69.4 Å². The second-order valence-electron chi connectivity index (χ2n) is 7.88. The van der Waals surface area contributed by atoms with Crippen molar-refractivity contribution in [2.75, 3.05) is 20.7 Å². The van der Waals surface area contributed by atoms with Gasteiger partial charge in [0.25, 0.3) is 0 Å². The molecule has 1 aliphatic heterocycles. The Balaban J connectivity index is 1.81. The zero-order chi connectivity index (χ0) is 24.0. The van der Waals surface area contributed by atoms with Crippen LogP contribution in [0.5, 0.6) is 5.75 Å². The van der Waals surface area contributed by atoms with Crippen LogP contribution < -0.4 is 10.5 Å². The summed E-state index contributed by atoms with van der Waals surface area (Å²) in [5.41, 5.74) is 7.19. The van der Waals surface area contributed by atoms with E-state index in [0.717, 1.165) is 42.0 Å². The first kappa shape index (κ1) is 25.1. The summed E-state index contributed by atoms with van der Waals surface area (Å²) in [6.45, 7) is 1.84. The van der Waals surface area contributed by atoms with Crippen LogP contribution in [0.2, 0.25) is 10.0 Å². The van der Waals surface area contributed by atoms with E-state index in [0.29, 0.717) is 28.0 Å². The Bertz CT molecular complexity index is 1070. The SMILES string of the molecule is COc1cc(Cl)c(Cc2ccc(C3=CCCC/C=C(\N(C)C(C)C(=O)CN)N=C3)o2)c(Cl)c1. The number of allylic oxidation sites excluding steroid dienone is 3. The molecule has 2 heterocycles. The smallest absolute Gasteiger partial charge is 0.168 e. The van der Waals surface area contributed by atoms with Gasteiger partial charge < -0.3 is 19.8 Å². The van der Waals surface area contributed by atoms with E-state index in [9.17, 15) is 4.79 Å². The lowest BCUT2D eigenvalue weighted by molar-refractivity contribution is -0.121. The van der Waals surface area contributed by atoms with Gasteiger partial charge in [0, 0.05) is 35.3 Å². The molecule has 1 atom stereocenters. The van der Waals surface area contributed by atoms with Crippen LogP contribution in [-0.2, 0) is 11.2 Å². The maximum absolute atomic E-state index is 12.0. The quantitative estimate of drug-likeness (QED) is 0.528. The summed E-state index contributed by atoms with van der Waals surface area (Å²) in [7, 11) is 3.43. The van der Waals surface area contributed by atoms with Gasteiger partial charge in [0.2, 0.25) is 0 Å². The zero-order valence-corrected chi connectivity index (χ0v) is 20.6. The number of ketones is 1. The molecular weight excluding hydrogens is 461 g/mol. The number of halogens is 2. The average Bonchev–Trinajstić information content (AvgIpc) is 3.31. The molecule has 176 valence electrons. The highest BCUT2D eigenvalue weighted by molar-refractivity contribution is 6.36. The maximum atomic E-state index is 12.0. The van der Waals surface area contributed by atoms with E-state index in [1.165, 1.54) is 0 Å². The number of hydrogen-bond acceptors (Lipinski definition) is 6. The van der Waals surface area contributed by atoms with E-state index in [1.807, 2.05) is 31.0 Å². The molecule has 0 saturated heterocycles. The minimum Gasteiger partial charge on any atom is -0.497 e. The van der Waals surface area contributed by atoms with Gasteiger partial charge in [-0.15, -0.1) is 0 Å². The number of likely N-dealkylation sites (N-methyl/N-ethyl adjacent to an activating group) is 1. The number of aliphatic imine (C=N–C) groups is 1. The summed E-state index contributed by atoms with van der Waals surface area (Å²) < 4.78 is 11.3. The van der Waals surface area contributed by atoms with Crippen LogP contribution in [0.4, 0.5) is 0 Å². The number of carbonyl (C=O) groups excluding carboxylic acids is 1. The minimum atomic E-state index is -0.346. The lowest BCUT2D eigenvalue weighted by Gasteiger charge is -2.25. The van der Waals surface area contributed by atoms with Crippen molar-refractivity contribution in [1.29, 1.82) is 0 Å². The van der Waals surface area contributed by atoms with Gasteiger partial charge in [0.15, 0.2) is 5.78 Å². The van der Waals surface area contributed by atoms with Crippen molar-refractivity contribution in [1.82, 2.24) is 4.90 Å². The summed E-state index contributed by atoms with van der Waals surface area (Å²) in [5.74, 6) is 2.77. The van der Waals surface area contributed by atoms with Crippen LogP contribution in [0.15, 0.2) is 51.6 Å². The number of nitrogens with zero attached hydrogens (tertiary/aromatic N) is 2. The summed E-state index contributed by atoms with van der Waals surface area (Å²) in [4.78, 5) is 18.6. The highest BCUT2D eigenvalue weighted by Crippen LogP contribution is 2.33. The fourth-order valence-electron chi connectivity index (χ4n) is 3.50. The van der Waals surface area contributed by atoms with Crippen molar-refractivity contribution >= 4 is 40.8 Å². The minimum absolute atomic E-state index is 0.00501. The molecule has 0 fully saturated rings. The van der Waals surface area contributed by atoms with Crippen molar-refractivity contribution in [2.45, 2.75) is 38.6 Å². The number of Topliss-reactive ketones (excluding diaryl/α,β-unsaturated/α-hetero) is 1. The monoisotopic (exact) mass is 489 g/mol. The molecule has 1 aromatic heterocycles. The third-order valence-electron chi connectivity index (χ3n) is 5.69. The van der Waals surface area contributed by atoms with Crippen molar-refractivity contribution in [2.24, 2.45) is 10.7 Å². The Morgan fingerprint density at radius 3 is 2.61 bits per heavy atom. The Morgan fingerprint density at radius 2 is 1.94 bits per heavy atom. The lowest BCUT2D eigenvalue weighted by Crippen LogP contribution is -2.38. The first-order valence-electron chi connectivity index (χ1n) is 10.8. The van der Waals surface area contributed by atoms with Gasteiger partial charge in [0.1, 0.15) is 23.1 Å². The number of hydrogen-bond donors (Lipinski definition) is 1. The highest BCUT2D eigenvalue weighted by Gasteiger charge is 2.19. The Labute approximate surface area is 204 Å². The van der Waals surface area contributed by atoms with Gasteiger partial charge in [-0.3, -0.25) is 4.79 Å². The average molecular weight is 490 g/mol. The van der Waals surface area contributed by atoms with E-state index in [4.69, 9.17) is 38.1 Å². The molecule has 1 aromatic carbocycles. The number of rotatable bonds is 8. The molecule has 8 heteroatoms. The molecule has 2 aromatic rings. The molecule has 3 rings (SSSR count). The van der Waals surface area contributed by atoms with Crippen molar-refractivity contribution < 1.29 is 13.9 Å². The molecular formula is C25H29Cl2N3O3. The third kappa shape index (κ3) is 6.28. The third-order valence-corrected chi connectivity index (χ3v) is 6.37. The standard InChI is InChI=1S/C25H29Cl2N3O3/c1-16(23(31)14-28)30(2)25-8-6-4-5-7-17(15-29-25)24-10-9-18(33-24)11-20-21(26)12-19(32-3)13-22(20)27/h7-10,12-13,15-16H,4-6,11,14,28H2,1-3H3/b17-7?,25-8-,29-15?. The Kier molecular flexibility index (Phi) is 8.78. The number of nitrogens with two attached hydrogens (primary N) is 1. The summed E-state index contributed by atoms with van der Waals surface area (Å²) in [6, 6.07) is 6.96. The molecule has 6 nitrogen and oxygen atoms in total. The van der Waals surface area contributed by atoms with E-state index >= 15 is 0 Å². The molecule has 1 unspecified atom stereocenters. The first-order chi connectivity index (χ1) is 15.8. The van der Waals surface area contributed by atoms with Crippen molar-refractivity contribution in [3.63, 3.8) is 0 Å². The van der Waals surface area contributed by atoms with Crippen LogP contribution in [-0.4, -0.2) is 43.6 Å². The molecule has 0 bridgehead atoms. The molecule has 1 aliphatic rings. The van der Waals surface area contributed by atoms with Crippen LogP contribution >= 0.6 is 23.2 Å². The van der Waals surface area contributed by atoms with Crippen LogP contribution in [0.1, 0.15) is 43.3 Å². The Hall–Kier alpha value is -2.54. The molecule has 0 spiro atoms. The normalized spacial score (nSPS) is 16.7. The molecule has 0 radical (unpaired) electrons. The van der Waals surface area contributed by atoms with Gasteiger partial charge in [-0.25, -0.2) is 4.99 Å². The largest absolute Gasteiger partial charge is 0.497 e. The fraction of sp³-hybridized carbons (Fsp3) is 0.360. The summed E-state index contributed by atoms with van der Waals surface area (Å²) in [6.07, 6.45) is 9.12. The second kappa shape index (κ2) is 11.5.